The number of rotatable bonds is 3. The molecule has 0 saturated heterocycles. The second-order valence-corrected chi connectivity index (χ2v) is 7.22. The highest BCUT2D eigenvalue weighted by Crippen LogP contribution is 2.70. The van der Waals surface area contributed by atoms with Gasteiger partial charge in [0.2, 0.25) is 0 Å². The third-order valence-corrected chi connectivity index (χ3v) is 6.30. The molecule has 1 aliphatic heterocycles. The van der Waals surface area contributed by atoms with Gasteiger partial charge in [0.25, 0.3) is 0 Å². The zero-order valence-corrected chi connectivity index (χ0v) is 12.6. The first-order valence-corrected chi connectivity index (χ1v) is 8.22. The molecule has 1 aromatic carbocycles. The predicted molar refractivity (Wildman–Crippen MR) is 82.2 cm³/mol. The van der Waals surface area contributed by atoms with E-state index in [4.69, 9.17) is 4.74 Å². The summed E-state index contributed by atoms with van der Waals surface area (Å²) in [5.41, 5.74) is 2.33. The van der Waals surface area contributed by atoms with Crippen LogP contribution in [-0.2, 0) is 5.41 Å². The van der Waals surface area contributed by atoms with Gasteiger partial charge in [0.05, 0.1) is 0 Å². The molecule has 3 N–H and O–H groups in total. The predicted octanol–water partition coefficient (Wildman–Crippen LogP) is 1.66. The second-order valence-electron chi connectivity index (χ2n) is 7.22. The van der Waals surface area contributed by atoms with Crippen LogP contribution in [-0.4, -0.2) is 36.0 Å². The summed E-state index contributed by atoms with van der Waals surface area (Å²) >= 11 is 0. The lowest BCUT2D eigenvalue weighted by atomic mass is 9.56. The molecule has 0 aromatic heterocycles. The van der Waals surface area contributed by atoms with Crippen molar-refractivity contribution in [3.63, 3.8) is 0 Å². The molecule has 4 nitrogen and oxygen atoms in total. The van der Waals surface area contributed by atoms with Crippen LogP contribution in [0.4, 0.5) is 0 Å². The molecule has 6 atom stereocenters. The Morgan fingerprint density at radius 1 is 1.36 bits per heavy atom. The first-order chi connectivity index (χ1) is 10.7. The average Bonchev–Trinajstić information content (AvgIpc) is 3.22. The minimum Gasteiger partial charge on any atom is -0.504 e. The summed E-state index contributed by atoms with van der Waals surface area (Å²) in [4.78, 5) is 0. The summed E-state index contributed by atoms with van der Waals surface area (Å²) in [6.45, 7) is 0.878. The van der Waals surface area contributed by atoms with Crippen LogP contribution in [0.1, 0.15) is 29.9 Å². The lowest BCUT2D eigenvalue weighted by Crippen LogP contribution is -2.55. The fraction of sp³-hybridized carbons (Fsp3) is 0.556. The van der Waals surface area contributed by atoms with Crippen molar-refractivity contribution in [3.8, 4) is 11.5 Å². The van der Waals surface area contributed by atoms with Gasteiger partial charge < -0.3 is 20.3 Å². The van der Waals surface area contributed by atoms with Crippen molar-refractivity contribution in [3.05, 3.63) is 35.4 Å². The minimum atomic E-state index is -0.608. The highest BCUT2D eigenvalue weighted by Gasteiger charge is 2.67. The fourth-order valence-electron chi connectivity index (χ4n) is 5.37. The Labute approximate surface area is 129 Å². The van der Waals surface area contributed by atoms with Crippen LogP contribution in [0.5, 0.6) is 11.5 Å². The van der Waals surface area contributed by atoms with Crippen molar-refractivity contribution >= 4 is 0 Å². The van der Waals surface area contributed by atoms with E-state index < -0.39 is 6.10 Å². The number of nitrogens with one attached hydrogen (secondary N) is 1. The molecular formula is C18H21NO3. The first kappa shape index (κ1) is 13.0. The number of fused-ring (bicyclic) bond motifs is 3. The third-order valence-electron chi connectivity index (χ3n) is 6.30. The summed E-state index contributed by atoms with van der Waals surface area (Å²) in [7, 11) is 1.96. The lowest BCUT2D eigenvalue weighted by Gasteiger charge is -2.47. The molecule has 1 heterocycles. The second kappa shape index (κ2) is 4.06. The molecule has 4 aliphatic rings. The largest absolute Gasteiger partial charge is 0.504 e. The van der Waals surface area contributed by atoms with Crippen LogP contribution < -0.4 is 10.1 Å². The van der Waals surface area contributed by atoms with E-state index in [1.807, 2.05) is 13.1 Å². The zero-order chi connectivity index (χ0) is 15.1. The van der Waals surface area contributed by atoms with Gasteiger partial charge >= 0.3 is 0 Å². The molecule has 116 valence electrons. The van der Waals surface area contributed by atoms with Gasteiger partial charge in [0.1, 0.15) is 12.2 Å². The number of aromatic hydroxyl groups is 1. The summed E-state index contributed by atoms with van der Waals surface area (Å²) in [6, 6.07) is 3.83. The fourth-order valence-corrected chi connectivity index (χ4v) is 5.37. The molecule has 1 aromatic rings. The van der Waals surface area contributed by atoms with Crippen LogP contribution >= 0.6 is 0 Å². The van der Waals surface area contributed by atoms with E-state index in [-0.39, 0.29) is 17.3 Å². The van der Waals surface area contributed by atoms with Crippen molar-refractivity contribution in [1.82, 2.24) is 5.32 Å². The number of benzene rings is 1. The van der Waals surface area contributed by atoms with Crippen LogP contribution in [0, 0.1) is 11.8 Å². The van der Waals surface area contributed by atoms with Crippen LogP contribution in [0.2, 0.25) is 0 Å². The molecule has 1 unspecified atom stereocenters. The minimum absolute atomic E-state index is 0.196. The van der Waals surface area contributed by atoms with Gasteiger partial charge in [-0.15, -0.1) is 0 Å². The summed E-state index contributed by atoms with van der Waals surface area (Å²) in [5, 5.41) is 24.1. The Hall–Kier alpha value is -1.52. The topological polar surface area (TPSA) is 61.7 Å². The van der Waals surface area contributed by atoms with Crippen LogP contribution in [0.25, 0.3) is 0 Å². The van der Waals surface area contributed by atoms with Crippen LogP contribution in [0.3, 0.4) is 0 Å². The number of hydrogen-bond donors (Lipinski definition) is 3. The van der Waals surface area contributed by atoms with Crippen molar-refractivity contribution in [2.45, 2.75) is 36.4 Å². The van der Waals surface area contributed by atoms with Gasteiger partial charge in [-0.3, -0.25) is 0 Å². The van der Waals surface area contributed by atoms with E-state index in [0.29, 0.717) is 23.5 Å². The Bertz CT molecular complexity index is 685. The normalized spacial score (nSPS) is 42.5. The number of aliphatic hydroxyl groups is 1. The molecule has 4 heteroatoms. The van der Waals surface area contributed by atoms with E-state index >= 15 is 0 Å². The average molecular weight is 299 g/mol. The third kappa shape index (κ3) is 1.32. The van der Waals surface area contributed by atoms with Gasteiger partial charge in [-0.2, -0.15) is 0 Å². The lowest BCUT2D eigenvalue weighted by molar-refractivity contribution is -0.00306. The molecular weight excluding hydrogens is 278 g/mol. The number of ether oxygens (including phenoxy) is 1. The van der Waals surface area contributed by atoms with Crippen molar-refractivity contribution in [2.24, 2.45) is 11.8 Å². The quantitative estimate of drug-likeness (QED) is 0.743. The Morgan fingerprint density at radius 2 is 2.23 bits per heavy atom. The number of allylic oxidation sites excluding steroid dienone is 1. The smallest absolute Gasteiger partial charge is 0.165 e. The molecule has 3 aliphatic carbocycles. The number of aliphatic hydroxyl groups excluding tert-OH is 1. The zero-order valence-electron chi connectivity index (χ0n) is 12.6. The van der Waals surface area contributed by atoms with E-state index in [2.05, 4.69) is 17.5 Å². The molecule has 0 spiro atoms. The SMILES string of the molecule is CNCC[C@]12c3c4ccc(O)c3O[C@H]1[C@@H](O)C=C[C@H]2[C@@H]1CC41. The molecule has 1 saturated carbocycles. The number of phenols is 1. The molecule has 0 radical (unpaired) electrons. The highest BCUT2D eigenvalue weighted by molar-refractivity contribution is 5.63. The number of phenolic OH excluding ortho intramolecular Hbond substituents is 1. The van der Waals surface area contributed by atoms with Gasteiger partial charge in [-0.1, -0.05) is 18.2 Å². The first-order valence-electron chi connectivity index (χ1n) is 8.22. The van der Waals surface area contributed by atoms with Gasteiger partial charge in [-0.05, 0) is 55.8 Å². The molecule has 0 amide bonds. The van der Waals surface area contributed by atoms with E-state index in [1.165, 1.54) is 17.5 Å². The summed E-state index contributed by atoms with van der Waals surface area (Å²) in [5.74, 6) is 2.51. The van der Waals surface area contributed by atoms with Gasteiger partial charge in [0.15, 0.2) is 11.5 Å². The number of hydrogen-bond acceptors (Lipinski definition) is 4. The molecule has 22 heavy (non-hydrogen) atoms. The molecule has 5 rings (SSSR count). The van der Waals surface area contributed by atoms with Gasteiger partial charge in [-0.25, -0.2) is 0 Å². The Morgan fingerprint density at radius 3 is 3.05 bits per heavy atom. The summed E-state index contributed by atoms with van der Waals surface area (Å²) in [6.07, 6.45) is 5.37. The van der Waals surface area contributed by atoms with E-state index in [9.17, 15) is 10.2 Å². The van der Waals surface area contributed by atoms with Gasteiger partial charge in [0, 0.05) is 11.0 Å². The molecule has 1 fully saturated rings. The van der Waals surface area contributed by atoms with E-state index in [0.717, 1.165) is 13.0 Å². The van der Waals surface area contributed by atoms with Crippen molar-refractivity contribution in [2.75, 3.05) is 13.6 Å². The standard InChI is InChI=1S/C18H21NO3/c1-19-7-6-18-12-3-5-14(21)17(18)22-16-13(20)4-2-9(15(16)18)10-8-11(10)12/h2-5,10-12,14,17,19-21H,6-8H2,1H3/t10?,11-,12+,14+,17+,18+/m1/s1. The van der Waals surface area contributed by atoms with Crippen LogP contribution in [0.15, 0.2) is 24.3 Å². The molecule has 0 bridgehead atoms. The monoisotopic (exact) mass is 299 g/mol. The summed E-state index contributed by atoms with van der Waals surface area (Å²) < 4.78 is 6.14. The maximum Gasteiger partial charge on any atom is 0.165 e. The van der Waals surface area contributed by atoms with Crippen molar-refractivity contribution < 1.29 is 14.9 Å². The maximum atomic E-state index is 10.5. The van der Waals surface area contributed by atoms with E-state index in [1.54, 1.807) is 6.07 Å². The maximum absolute atomic E-state index is 10.5. The van der Waals surface area contributed by atoms with Crippen molar-refractivity contribution in [1.29, 1.82) is 0 Å². The highest BCUT2D eigenvalue weighted by atomic mass is 16.5. The Kier molecular flexibility index (Phi) is 2.39. The Balaban J connectivity index is 1.79.